The van der Waals surface area contributed by atoms with Crippen LogP contribution in [-0.4, -0.2) is 123 Å². The Morgan fingerprint density at radius 2 is 1.67 bits per heavy atom. The molecule has 0 spiro atoms. The lowest BCUT2D eigenvalue weighted by Gasteiger charge is -2.41. The summed E-state index contributed by atoms with van der Waals surface area (Å²) in [5.41, 5.74) is 0.876. The fourth-order valence-electron chi connectivity index (χ4n) is 7.98. The molecule has 1 aliphatic rings. The first kappa shape index (κ1) is 46.6. The highest BCUT2D eigenvalue weighted by Crippen LogP contribution is 2.31. The average Bonchev–Trinajstić information content (AvgIpc) is 3.63. The summed E-state index contributed by atoms with van der Waals surface area (Å²) in [6, 6.07) is 5.29. The van der Waals surface area contributed by atoms with Gasteiger partial charge < -0.3 is 39.9 Å². The normalized spacial score (nSPS) is 19.4. The Labute approximate surface area is 323 Å². The zero-order valence-electron chi connectivity index (χ0n) is 35.0. The largest absolute Gasteiger partial charge is 0.497 e. The summed E-state index contributed by atoms with van der Waals surface area (Å²) in [6.45, 7) is 16.0. The van der Waals surface area contributed by atoms with Gasteiger partial charge in [-0.3, -0.25) is 19.2 Å². The molecule has 13 heteroatoms. The summed E-state index contributed by atoms with van der Waals surface area (Å²) in [4.78, 5) is 58.9. The number of oxime groups is 1. The summed E-state index contributed by atoms with van der Waals surface area (Å²) in [5.74, 6) is -1.14. The van der Waals surface area contributed by atoms with Crippen molar-refractivity contribution in [3.05, 3.63) is 29.8 Å². The van der Waals surface area contributed by atoms with Crippen LogP contribution in [0.3, 0.4) is 0 Å². The minimum absolute atomic E-state index is 0.00272. The zero-order chi connectivity index (χ0) is 40.9. The minimum atomic E-state index is -0.648. The van der Waals surface area contributed by atoms with E-state index in [0.29, 0.717) is 24.3 Å². The van der Waals surface area contributed by atoms with Crippen LogP contribution in [0.4, 0.5) is 0 Å². The van der Waals surface area contributed by atoms with Gasteiger partial charge in [0.25, 0.3) is 0 Å². The maximum Gasteiger partial charge on any atom is 0.226 e. The third kappa shape index (κ3) is 11.7. The molecule has 0 aliphatic carbocycles. The first-order valence-corrected chi connectivity index (χ1v) is 19.5. The van der Waals surface area contributed by atoms with Crippen molar-refractivity contribution in [1.29, 1.82) is 0 Å². The monoisotopic (exact) mass is 760 g/mol. The lowest BCUT2D eigenvalue weighted by Crippen LogP contribution is -2.54. The number of carbonyl (C=O) groups excluding carboxylic acids is 4. The molecule has 1 aromatic rings. The molecule has 3 amide bonds. The number of amides is 3. The highest BCUT2D eigenvalue weighted by atomic mass is 16.5. The van der Waals surface area contributed by atoms with Crippen LogP contribution in [0.2, 0.25) is 0 Å². The molecule has 306 valence electrons. The van der Waals surface area contributed by atoms with Crippen molar-refractivity contribution >= 4 is 29.2 Å². The van der Waals surface area contributed by atoms with Gasteiger partial charge in [-0.2, -0.15) is 0 Å². The Morgan fingerprint density at radius 1 is 1.00 bits per heavy atom. The number of ketones is 1. The van der Waals surface area contributed by atoms with Gasteiger partial charge in [-0.15, -0.1) is 0 Å². The van der Waals surface area contributed by atoms with E-state index < -0.39 is 36.1 Å². The van der Waals surface area contributed by atoms with E-state index in [9.17, 15) is 24.4 Å². The number of methoxy groups -OCH3 is 3. The lowest BCUT2D eigenvalue weighted by atomic mass is 9.84. The second-order valence-corrected chi connectivity index (χ2v) is 15.6. The zero-order valence-corrected chi connectivity index (χ0v) is 35.0. The molecule has 0 unspecified atom stereocenters. The van der Waals surface area contributed by atoms with Crippen molar-refractivity contribution in [3.8, 4) is 5.75 Å². The minimum Gasteiger partial charge on any atom is -0.497 e. The van der Waals surface area contributed by atoms with Crippen LogP contribution in [0.25, 0.3) is 0 Å². The van der Waals surface area contributed by atoms with Crippen LogP contribution in [-0.2, 0) is 28.7 Å². The Morgan fingerprint density at radius 3 is 2.19 bits per heavy atom. The molecule has 9 atom stereocenters. The molecule has 1 aliphatic heterocycles. The number of benzene rings is 1. The third-order valence-electron chi connectivity index (χ3n) is 11.4. The predicted molar refractivity (Wildman–Crippen MR) is 211 cm³/mol. The number of likely N-dealkylation sites (N-methyl/N-ethyl adjacent to an activating group) is 2. The fraction of sp³-hybridized carbons (Fsp3) is 0.732. The number of ether oxygens (including phenoxy) is 3. The summed E-state index contributed by atoms with van der Waals surface area (Å²) in [7, 11) is 8.19. The van der Waals surface area contributed by atoms with Gasteiger partial charge in [0.2, 0.25) is 17.7 Å². The fourth-order valence-corrected chi connectivity index (χ4v) is 7.98. The topological polar surface area (TPSA) is 159 Å². The van der Waals surface area contributed by atoms with E-state index in [1.54, 1.807) is 83.3 Å². The number of carbonyl (C=O) groups is 4. The summed E-state index contributed by atoms with van der Waals surface area (Å²) in [6.07, 6.45) is 1.10. The van der Waals surface area contributed by atoms with E-state index in [-0.39, 0.29) is 71.9 Å². The number of likely N-dealkylation sites (tertiary alicyclic amines) is 1. The van der Waals surface area contributed by atoms with Crippen LogP contribution < -0.4 is 15.4 Å². The molecular formula is C41H69N5O8. The van der Waals surface area contributed by atoms with Gasteiger partial charge in [0, 0.05) is 45.7 Å². The second kappa shape index (κ2) is 22.1. The summed E-state index contributed by atoms with van der Waals surface area (Å²) in [5, 5.41) is 19.4. The Kier molecular flexibility index (Phi) is 19.1. The first-order valence-electron chi connectivity index (χ1n) is 19.5. The van der Waals surface area contributed by atoms with Crippen molar-refractivity contribution in [1.82, 2.24) is 20.4 Å². The van der Waals surface area contributed by atoms with Crippen LogP contribution in [0.15, 0.2) is 29.4 Å². The molecule has 2 rings (SSSR count). The molecule has 1 fully saturated rings. The molecule has 0 radical (unpaired) electrons. The van der Waals surface area contributed by atoms with Crippen LogP contribution >= 0.6 is 0 Å². The van der Waals surface area contributed by atoms with Gasteiger partial charge in [0.15, 0.2) is 5.78 Å². The average molecular weight is 760 g/mol. The molecule has 1 saturated heterocycles. The molecule has 0 saturated carbocycles. The molecule has 1 heterocycles. The standard InChI is InChI=1S/C41H69N5O8/c1-14-26(6)38(45(10)41(50)31(24(2)3)22-33(47)36(42-9)25(4)5)34(53-12)23-35(48)46-20-16-19-32(46)39(54-13)27(7)40(49)43-28(8)37(44-51)29-17-15-18-30(21-29)52-11/h15,17-18,21,24-28,31-32,34,36,38-39,42,51H,14,16,19-20,22-23H2,1-13H3,(H,43,49)/b44-37-/t26-,27+,28+,31-,32-,34+,36-,38-,39+/m0/s1. The number of nitrogens with one attached hydrogen (secondary N) is 2. The van der Waals surface area contributed by atoms with Crippen LogP contribution in [0, 0.1) is 29.6 Å². The third-order valence-corrected chi connectivity index (χ3v) is 11.4. The lowest BCUT2D eigenvalue weighted by molar-refractivity contribution is -0.149. The number of hydrogen-bond donors (Lipinski definition) is 3. The smallest absolute Gasteiger partial charge is 0.226 e. The van der Waals surface area contributed by atoms with Gasteiger partial charge >= 0.3 is 0 Å². The highest BCUT2D eigenvalue weighted by molar-refractivity contribution is 6.05. The molecule has 1 aromatic carbocycles. The maximum atomic E-state index is 14.2. The van der Waals surface area contributed by atoms with Gasteiger partial charge in [-0.25, -0.2) is 0 Å². The van der Waals surface area contributed by atoms with Crippen molar-refractivity contribution in [2.24, 2.45) is 34.7 Å². The van der Waals surface area contributed by atoms with E-state index in [1.165, 1.54) is 0 Å². The Bertz CT molecular complexity index is 1400. The summed E-state index contributed by atoms with van der Waals surface area (Å²) < 4.78 is 17.3. The van der Waals surface area contributed by atoms with E-state index in [1.807, 2.05) is 34.6 Å². The van der Waals surface area contributed by atoms with Gasteiger partial charge in [0.05, 0.1) is 55.8 Å². The van der Waals surface area contributed by atoms with Gasteiger partial charge in [-0.1, -0.05) is 72.2 Å². The maximum absolute atomic E-state index is 14.2. The molecular weight excluding hydrogens is 690 g/mol. The van der Waals surface area contributed by atoms with E-state index in [0.717, 1.165) is 12.8 Å². The van der Waals surface area contributed by atoms with Crippen LogP contribution in [0.1, 0.15) is 93.1 Å². The number of hydrogen-bond acceptors (Lipinski definition) is 10. The molecule has 13 nitrogen and oxygen atoms in total. The number of rotatable bonds is 22. The molecule has 54 heavy (non-hydrogen) atoms. The molecule has 0 bridgehead atoms. The van der Waals surface area contributed by atoms with Crippen molar-refractivity contribution in [3.63, 3.8) is 0 Å². The van der Waals surface area contributed by atoms with Crippen molar-refractivity contribution < 1.29 is 38.6 Å². The Hall–Kier alpha value is -3.55. The SMILES string of the molecule is CC[C@H](C)[C@@H]([C@@H](CC(=O)N1CCC[C@H]1[C@H](OC)[C@@H](C)C(=O)N[C@H](C)/C(=N/O)c1cccc(OC)c1)OC)N(C)C(=O)[C@@H](CC(=O)[C@@H](NC)C(C)C)C(C)C. The van der Waals surface area contributed by atoms with E-state index in [4.69, 9.17) is 14.2 Å². The Balaban J connectivity index is 2.27. The van der Waals surface area contributed by atoms with Gasteiger partial charge in [-0.05, 0) is 56.7 Å². The quantitative estimate of drug-likeness (QED) is 0.0860. The van der Waals surface area contributed by atoms with Crippen LogP contribution in [0.5, 0.6) is 5.75 Å². The van der Waals surface area contributed by atoms with E-state index >= 15 is 0 Å². The van der Waals surface area contributed by atoms with Gasteiger partial charge in [0.1, 0.15) is 11.5 Å². The second-order valence-electron chi connectivity index (χ2n) is 15.6. The summed E-state index contributed by atoms with van der Waals surface area (Å²) >= 11 is 0. The number of Topliss-reactive ketones (excluding diaryl/α,β-unsaturated/α-hetero) is 1. The predicted octanol–water partition coefficient (Wildman–Crippen LogP) is 4.77. The van der Waals surface area contributed by atoms with E-state index in [2.05, 4.69) is 22.7 Å². The van der Waals surface area contributed by atoms with Crippen molar-refractivity contribution in [2.45, 2.75) is 124 Å². The number of nitrogens with zero attached hydrogens (tertiary/aromatic N) is 3. The molecule has 3 N–H and O–H groups in total. The molecule has 0 aromatic heterocycles. The highest BCUT2D eigenvalue weighted by Gasteiger charge is 2.43. The van der Waals surface area contributed by atoms with Crippen molar-refractivity contribution in [2.75, 3.05) is 42.0 Å². The first-order chi connectivity index (χ1) is 25.5.